The number of carbonyl (C=O) groups excluding carboxylic acids is 1. The molecule has 3 N–H and O–H groups in total. The lowest BCUT2D eigenvalue weighted by molar-refractivity contribution is 0.0218. The number of hydrogen-bond acceptors (Lipinski definition) is 6. The molecule has 0 saturated carbocycles. The van der Waals surface area contributed by atoms with Crippen molar-refractivity contribution in [3.63, 3.8) is 0 Å². The summed E-state index contributed by atoms with van der Waals surface area (Å²) in [5.74, 6) is -0.110. The number of allylic oxidation sites excluding steroid dienone is 1. The zero-order chi connectivity index (χ0) is 24.9. The fraction of sp³-hybridized carbons (Fsp3) is 0.276. The first-order chi connectivity index (χ1) is 17.6. The number of nitrogens with two attached hydrogens (primary N) is 1. The van der Waals surface area contributed by atoms with E-state index in [0.29, 0.717) is 25.4 Å². The maximum Gasteiger partial charge on any atom is 0.255 e. The summed E-state index contributed by atoms with van der Waals surface area (Å²) in [7, 11) is 0. The van der Waals surface area contributed by atoms with E-state index in [1.807, 2.05) is 0 Å². The Kier molecular flexibility index (Phi) is 7.21. The minimum atomic E-state index is -0.294. The van der Waals surface area contributed by atoms with Gasteiger partial charge >= 0.3 is 0 Å². The zero-order valence-electron chi connectivity index (χ0n) is 20.3. The molecule has 1 aromatic heterocycles. The van der Waals surface area contributed by atoms with Gasteiger partial charge in [0, 0.05) is 29.7 Å². The number of aromatic nitrogens is 1. The maximum absolute atomic E-state index is 13.0. The standard InChI is InChI=1S/C29H30N4O3/c1-2-3-19-4-8-21(9-5-19)22-10-6-20(7-11-22)16-36-27-18-35-17-26(27)33-29(34)25-12-23(15-32-28(25)30)24-13-31-14-24/h4-15,26-27H,2-3,16-18H2,1H3,(H2,30,32)(H,33,34)/t26-,27?/m0/s1. The number of pyridine rings is 1. The van der Waals surface area contributed by atoms with Crippen LogP contribution in [0, 0.1) is 0 Å². The van der Waals surface area contributed by atoms with Crippen LogP contribution in [0.25, 0.3) is 16.7 Å². The number of carbonyl (C=O) groups is 1. The van der Waals surface area contributed by atoms with Gasteiger partial charge in [-0.15, -0.1) is 0 Å². The van der Waals surface area contributed by atoms with Gasteiger partial charge in [-0.05, 0) is 34.7 Å². The second kappa shape index (κ2) is 10.8. The Balaban J connectivity index is 1.17. The van der Waals surface area contributed by atoms with Gasteiger partial charge < -0.3 is 20.5 Å². The molecule has 0 spiro atoms. The summed E-state index contributed by atoms with van der Waals surface area (Å²) in [5, 5.41) is 3.01. The van der Waals surface area contributed by atoms with Crippen LogP contribution in [0.5, 0.6) is 0 Å². The molecule has 1 saturated heterocycles. The molecule has 0 bridgehead atoms. The van der Waals surface area contributed by atoms with Crippen LogP contribution >= 0.6 is 0 Å². The number of hydrogen-bond donors (Lipinski definition) is 2. The number of rotatable bonds is 9. The van der Waals surface area contributed by atoms with Gasteiger partial charge in [-0.2, -0.15) is 0 Å². The van der Waals surface area contributed by atoms with Crippen LogP contribution in [-0.2, 0) is 22.5 Å². The summed E-state index contributed by atoms with van der Waals surface area (Å²) in [6, 6.07) is 18.6. The van der Waals surface area contributed by atoms with E-state index in [9.17, 15) is 4.79 Å². The van der Waals surface area contributed by atoms with Crippen molar-refractivity contribution in [2.75, 3.05) is 18.9 Å². The first kappa shape index (κ1) is 23.9. The molecule has 1 fully saturated rings. The van der Waals surface area contributed by atoms with Crippen molar-refractivity contribution in [1.82, 2.24) is 10.3 Å². The second-order valence-electron chi connectivity index (χ2n) is 9.13. The number of anilines is 1. The quantitative estimate of drug-likeness (QED) is 0.470. The van der Waals surface area contributed by atoms with Gasteiger partial charge in [0.05, 0.1) is 31.4 Å². The molecule has 36 heavy (non-hydrogen) atoms. The highest BCUT2D eigenvalue weighted by Gasteiger charge is 2.31. The Morgan fingerprint density at radius 2 is 1.75 bits per heavy atom. The molecule has 7 heteroatoms. The fourth-order valence-corrected chi connectivity index (χ4v) is 4.34. The lowest BCUT2D eigenvalue weighted by atomic mass is 10.0. The summed E-state index contributed by atoms with van der Waals surface area (Å²) in [6.07, 6.45) is 7.09. The molecule has 2 aliphatic rings. The topological polar surface area (TPSA) is 98.8 Å². The Labute approximate surface area is 211 Å². The number of aryl methyl sites for hydroxylation is 1. The normalized spacial score (nSPS) is 18.5. The van der Waals surface area contributed by atoms with Gasteiger partial charge in [-0.3, -0.25) is 9.79 Å². The van der Waals surface area contributed by atoms with Crippen molar-refractivity contribution in [3.8, 4) is 11.1 Å². The molecule has 2 aliphatic heterocycles. The van der Waals surface area contributed by atoms with Crippen LogP contribution in [0.1, 0.15) is 40.4 Å². The van der Waals surface area contributed by atoms with Crippen molar-refractivity contribution < 1.29 is 14.3 Å². The van der Waals surface area contributed by atoms with Crippen LogP contribution < -0.4 is 11.1 Å². The minimum absolute atomic E-state index is 0.185. The Morgan fingerprint density at radius 3 is 2.39 bits per heavy atom. The highest BCUT2D eigenvalue weighted by atomic mass is 16.5. The first-order valence-electron chi connectivity index (χ1n) is 12.3. The van der Waals surface area contributed by atoms with Crippen LogP contribution in [0.4, 0.5) is 5.82 Å². The number of ether oxygens (including phenoxy) is 2. The molecule has 3 heterocycles. The third-order valence-corrected chi connectivity index (χ3v) is 6.51. The van der Waals surface area contributed by atoms with E-state index in [2.05, 4.69) is 70.7 Å². The van der Waals surface area contributed by atoms with Gasteiger partial charge in [0.2, 0.25) is 0 Å². The zero-order valence-corrected chi connectivity index (χ0v) is 20.3. The van der Waals surface area contributed by atoms with Crippen LogP contribution in [0.2, 0.25) is 0 Å². The third-order valence-electron chi connectivity index (χ3n) is 6.51. The van der Waals surface area contributed by atoms with E-state index in [1.54, 1.807) is 24.7 Å². The average Bonchev–Trinajstić information content (AvgIpc) is 3.30. The van der Waals surface area contributed by atoms with Gasteiger partial charge in [0.25, 0.3) is 5.91 Å². The molecule has 184 valence electrons. The minimum Gasteiger partial charge on any atom is -0.383 e. The molecule has 2 atom stereocenters. The highest BCUT2D eigenvalue weighted by Crippen LogP contribution is 2.23. The molecule has 7 nitrogen and oxygen atoms in total. The van der Waals surface area contributed by atoms with E-state index in [4.69, 9.17) is 15.2 Å². The predicted molar refractivity (Wildman–Crippen MR) is 142 cm³/mol. The summed E-state index contributed by atoms with van der Waals surface area (Å²) in [4.78, 5) is 21.1. The van der Waals surface area contributed by atoms with Crippen LogP contribution in [0.3, 0.4) is 0 Å². The number of amides is 1. The van der Waals surface area contributed by atoms with E-state index in [1.165, 1.54) is 16.7 Å². The number of nitrogen functional groups attached to an aromatic ring is 1. The third kappa shape index (κ3) is 5.37. The summed E-state index contributed by atoms with van der Waals surface area (Å²) in [5.41, 5.74) is 12.8. The molecule has 0 aliphatic carbocycles. The SMILES string of the molecule is CCCc1ccc(-c2ccc(COC3COC[C@@H]3NC(=O)c3cc(C4=CN=C4)cnc3N)cc2)cc1. The number of aliphatic imine (C=N–C) groups is 1. The molecule has 2 aromatic carbocycles. The number of nitrogens with zero attached hydrogens (tertiary/aromatic N) is 2. The van der Waals surface area contributed by atoms with Crippen molar-refractivity contribution in [2.45, 2.75) is 38.5 Å². The average molecular weight is 483 g/mol. The van der Waals surface area contributed by atoms with Crippen molar-refractivity contribution in [2.24, 2.45) is 4.99 Å². The molecular formula is C29H30N4O3. The largest absolute Gasteiger partial charge is 0.383 e. The van der Waals surface area contributed by atoms with E-state index >= 15 is 0 Å². The molecule has 1 amide bonds. The Bertz CT molecular complexity index is 1280. The summed E-state index contributed by atoms with van der Waals surface area (Å²) < 4.78 is 11.7. The smallest absolute Gasteiger partial charge is 0.255 e. The maximum atomic E-state index is 13.0. The monoisotopic (exact) mass is 482 g/mol. The predicted octanol–water partition coefficient (Wildman–Crippen LogP) is 4.42. The molecule has 1 unspecified atom stereocenters. The molecule has 3 aromatic rings. The highest BCUT2D eigenvalue weighted by molar-refractivity contribution is 6.15. The Hall–Kier alpha value is -3.81. The first-order valence-corrected chi connectivity index (χ1v) is 12.3. The van der Waals surface area contributed by atoms with Gasteiger partial charge in [-0.25, -0.2) is 4.98 Å². The lowest BCUT2D eigenvalue weighted by Gasteiger charge is -2.20. The van der Waals surface area contributed by atoms with E-state index < -0.39 is 0 Å². The Morgan fingerprint density at radius 1 is 1.06 bits per heavy atom. The lowest BCUT2D eigenvalue weighted by Crippen LogP contribution is -2.44. The van der Waals surface area contributed by atoms with Crippen molar-refractivity contribution >= 4 is 23.5 Å². The van der Waals surface area contributed by atoms with Crippen molar-refractivity contribution in [3.05, 3.63) is 89.2 Å². The molecule has 0 radical (unpaired) electrons. The van der Waals surface area contributed by atoms with Crippen LogP contribution in [-0.4, -0.2) is 42.5 Å². The summed E-state index contributed by atoms with van der Waals surface area (Å²) >= 11 is 0. The van der Waals surface area contributed by atoms with Crippen molar-refractivity contribution in [1.29, 1.82) is 0 Å². The van der Waals surface area contributed by atoms with E-state index in [0.717, 1.165) is 29.5 Å². The van der Waals surface area contributed by atoms with Gasteiger partial charge in [0.1, 0.15) is 11.9 Å². The van der Waals surface area contributed by atoms with E-state index in [-0.39, 0.29) is 23.9 Å². The van der Waals surface area contributed by atoms with Crippen LogP contribution in [0.15, 0.2) is 72.0 Å². The molecule has 5 rings (SSSR count). The second-order valence-corrected chi connectivity index (χ2v) is 9.13. The van der Waals surface area contributed by atoms with Gasteiger partial charge in [-0.1, -0.05) is 61.9 Å². The molecular weight excluding hydrogens is 452 g/mol. The van der Waals surface area contributed by atoms with Gasteiger partial charge in [0.15, 0.2) is 0 Å². The number of nitrogens with one attached hydrogen (secondary N) is 1. The summed E-state index contributed by atoms with van der Waals surface area (Å²) in [6.45, 7) is 3.43. The fourth-order valence-electron chi connectivity index (χ4n) is 4.34. The number of benzene rings is 2.